The Morgan fingerprint density at radius 2 is 1.38 bits per heavy atom. The van der Waals surface area contributed by atoms with Crippen LogP contribution in [0, 0.1) is 0 Å². The molecule has 1 N–H and O–H groups in total. The number of halogens is 2. The van der Waals surface area contributed by atoms with Crippen LogP contribution < -0.4 is 9.46 Å². The number of methoxy groups -OCH3 is 1. The Bertz CT molecular complexity index is 909. The highest BCUT2D eigenvalue weighted by molar-refractivity contribution is 7.92. The first kappa shape index (κ1) is 18.1. The van der Waals surface area contributed by atoms with E-state index in [9.17, 15) is 25.6 Å². The molecule has 0 aromatic heterocycles. The zero-order chi connectivity index (χ0) is 18.0. The second-order valence-electron chi connectivity index (χ2n) is 4.61. The second kappa shape index (κ2) is 6.73. The van der Waals surface area contributed by atoms with Crippen molar-refractivity contribution < 1.29 is 30.4 Å². The van der Waals surface area contributed by atoms with Crippen molar-refractivity contribution in [2.45, 2.75) is 15.5 Å². The minimum absolute atomic E-state index is 0.0346. The fraction of sp³-hybridized carbons (Fsp3) is 0.143. The van der Waals surface area contributed by atoms with Gasteiger partial charge in [0.05, 0.1) is 16.9 Å². The van der Waals surface area contributed by atoms with Gasteiger partial charge in [0.25, 0.3) is 10.0 Å². The summed E-state index contributed by atoms with van der Waals surface area (Å²) in [6.07, 6.45) is 0. The largest absolute Gasteiger partial charge is 0.497 e. The number of anilines is 1. The molecular weight excluding hydrogens is 364 g/mol. The van der Waals surface area contributed by atoms with Crippen LogP contribution in [-0.2, 0) is 19.9 Å². The van der Waals surface area contributed by atoms with Crippen LogP contribution in [0.5, 0.6) is 5.75 Å². The van der Waals surface area contributed by atoms with Gasteiger partial charge in [0.15, 0.2) is 0 Å². The lowest BCUT2D eigenvalue weighted by Gasteiger charge is -2.09. The third-order valence-electron chi connectivity index (χ3n) is 3.04. The number of sulfone groups is 1. The van der Waals surface area contributed by atoms with Gasteiger partial charge in [0.1, 0.15) is 5.75 Å². The molecule has 10 heteroatoms. The molecule has 0 heterocycles. The Hall–Kier alpha value is -2.20. The summed E-state index contributed by atoms with van der Waals surface area (Å²) < 4.78 is 79.1. The van der Waals surface area contributed by atoms with Crippen LogP contribution in [0.25, 0.3) is 0 Å². The van der Waals surface area contributed by atoms with Crippen LogP contribution in [0.15, 0.2) is 58.3 Å². The molecule has 0 atom stereocenters. The SMILES string of the molecule is COc1ccc(S(=O)(=O)Nc2ccc(S(=O)(=O)C(F)F)cc2)cc1. The standard InChI is InChI=1S/C14H13F2NO5S2/c1-22-11-4-8-13(9-5-11)24(20,21)17-10-2-6-12(7-3-10)23(18,19)14(15)16/h2-9,14,17H,1H3. The summed E-state index contributed by atoms with van der Waals surface area (Å²) in [4.78, 5) is -0.627. The lowest BCUT2D eigenvalue weighted by atomic mass is 10.3. The van der Waals surface area contributed by atoms with Crippen LogP contribution in [0.2, 0.25) is 0 Å². The van der Waals surface area contributed by atoms with Gasteiger partial charge in [-0.25, -0.2) is 16.8 Å². The maximum Gasteiger partial charge on any atom is 0.341 e. The summed E-state index contributed by atoms with van der Waals surface area (Å²) >= 11 is 0. The average Bonchev–Trinajstić information content (AvgIpc) is 2.55. The fourth-order valence-electron chi connectivity index (χ4n) is 1.78. The molecule has 0 unspecified atom stereocenters. The number of rotatable bonds is 6. The molecule has 24 heavy (non-hydrogen) atoms. The first-order chi connectivity index (χ1) is 11.2. The number of alkyl halides is 2. The molecule has 0 spiro atoms. The number of benzene rings is 2. The minimum Gasteiger partial charge on any atom is -0.497 e. The maximum absolute atomic E-state index is 12.4. The highest BCUT2D eigenvalue weighted by atomic mass is 32.2. The Morgan fingerprint density at radius 1 is 0.875 bits per heavy atom. The summed E-state index contributed by atoms with van der Waals surface area (Å²) in [5.41, 5.74) is 0.0408. The lowest BCUT2D eigenvalue weighted by molar-refractivity contribution is 0.234. The van der Waals surface area contributed by atoms with E-state index in [2.05, 4.69) is 4.72 Å². The van der Waals surface area contributed by atoms with E-state index < -0.39 is 30.5 Å². The summed E-state index contributed by atoms with van der Waals surface area (Å²) in [5.74, 6) is -3.06. The number of ether oxygens (including phenoxy) is 1. The summed E-state index contributed by atoms with van der Waals surface area (Å²) in [6, 6.07) is 9.60. The van der Waals surface area contributed by atoms with Gasteiger partial charge in [-0.1, -0.05) is 0 Å². The number of sulfonamides is 1. The van der Waals surface area contributed by atoms with E-state index in [1.54, 1.807) is 0 Å². The zero-order valence-electron chi connectivity index (χ0n) is 12.3. The molecular formula is C14H13F2NO5S2. The summed E-state index contributed by atoms with van der Waals surface area (Å²) in [5, 5.41) is 0. The van der Waals surface area contributed by atoms with Crippen LogP contribution >= 0.6 is 0 Å². The Balaban J connectivity index is 2.24. The quantitative estimate of drug-likeness (QED) is 0.835. The first-order valence-corrected chi connectivity index (χ1v) is 9.49. The van der Waals surface area contributed by atoms with Gasteiger partial charge in [-0.3, -0.25) is 4.72 Å². The number of hydrogen-bond acceptors (Lipinski definition) is 5. The molecule has 130 valence electrons. The van der Waals surface area contributed by atoms with Crippen LogP contribution in [0.1, 0.15) is 0 Å². The average molecular weight is 377 g/mol. The molecule has 0 aliphatic heterocycles. The predicted octanol–water partition coefficient (Wildman–Crippen LogP) is 2.49. The van der Waals surface area contributed by atoms with Crippen LogP contribution in [0.3, 0.4) is 0 Å². The molecule has 0 saturated heterocycles. The van der Waals surface area contributed by atoms with Gasteiger partial charge in [0, 0.05) is 5.69 Å². The van der Waals surface area contributed by atoms with Crippen molar-refractivity contribution in [1.82, 2.24) is 0 Å². The second-order valence-corrected chi connectivity index (χ2v) is 8.21. The summed E-state index contributed by atoms with van der Waals surface area (Å²) in [7, 11) is -7.19. The topological polar surface area (TPSA) is 89.5 Å². The molecule has 2 aromatic rings. The Kier molecular flexibility index (Phi) is 5.09. The van der Waals surface area contributed by atoms with E-state index in [1.165, 1.54) is 31.4 Å². The van der Waals surface area contributed by atoms with Crippen molar-refractivity contribution in [2.75, 3.05) is 11.8 Å². The third-order valence-corrected chi connectivity index (χ3v) is 5.83. The van der Waals surface area contributed by atoms with E-state index in [0.717, 1.165) is 24.3 Å². The molecule has 2 rings (SSSR count). The molecule has 6 nitrogen and oxygen atoms in total. The van der Waals surface area contributed by atoms with E-state index in [4.69, 9.17) is 4.74 Å². The molecule has 0 bridgehead atoms. The van der Waals surface area contributed by atoms with Crippen LogP contribution in [-0.4, -0.2) is 29.7 Å². The van der Waals surface area contributed by atoms with Crippen molar-refractivity contribution in [3.63, 3.8) is 0 Å². The molecule has 0 aliphatic rings. The highest BCUT2D eigenvalue weighted by Crippen LogP contribution is 2.22. The van der Waals surface area contributed by atoms with Gasteiger partial charge in [-0.2, -0.15) is 8.78 Å². The fourth-order valence-corrected chi connectivity index (χ4v) is 3.56. The van der Waals surface area contributed by atoms with Gasteiger partial charge in [-0.05, 0) is 48.5 Å². The van der Waals surface area contributed by atoms with E-state index in [-0.39, 0.29) is 10.6 Å². The van der Waals surface area contributed by atoms with E-state index >= 15 is 0 Å². The van der Waals surface area contributed by atoms with Crippen molar-refractivity contribution in [1.29, 1.82) is 0 Å². The smallest absolute Gasteiger partial charge is 0.341 e. The minimum atomic E-state index is -4.72. The maximum atomic E-state index is 12.4. The van der Waals surface area contributed by atoms with Gasteiger partial charge in [-0.15, -0.1) is 0 Å². The Morgan fingerprint density at radius 3 is 1.83 bits per heavy atom. The van der Waals surface area contributed by atoms with E-state index in [1.807, 2.05) is 0 Å². The van der Waals surface area contributed by atoms with Crippen molar-refractivity contribution in [3.8, 4) is 5.75 Å². The highest BCUT2D eigenvalue weighted by Gasteiger charge is 2.26. The van der Waals surface area contributed by atoms with Gasteiger partial charge in [0.2, 0.25) is 9.84 Å². The first-order valence-electron chi connectivity index (χ1n) is 6.46. The predicted molar refractivity (Wildman–Crippen MR) is 83.4 cm³/mol. The summed E-state index contributed by atoms with van der Waals surface area (Å²) in [6.45, 7) is 0. The van der Waals surface area contributed by atoms with Gasteiger partial charge >= 0.3 is 5.76 Å². The monoisotopic (exact) mass is 377 g/mol. The molecule has 0 aliphatic carbocycles. The van der Waals surface area contributed by atoms with Crippen LogP contribution in [0.4, 0.5) is 14.5 Å². The molecule has 0 amide bonds. The zero-order valence-corrected chi connectivity index (χ0v) is 13.9. The lowest BCUT2D eigenvalue weighted by Crippen LogP contribution is -2.14. The normalized spacial score (nSPS) is 12.2. The van der Waals surface area contributed by atoms with Gasteiger partial charge < -0.3 is 4.74 Å². The molecule has 0 saturated carbocycles. The molecule has 0 radical (unpaired) electrons. The van der Waals surface area contributed by atoms with E-state index in [0.29, 0.717) is 5.75 Å². The van der Waals surface area contributed by atoms with Crippen molar-refractivity contribution >= 4 is 25.5 Å². The Labute approximate surface area is 138 Å². The third kappa shape index (κ3) is 3.82. The number of nitrogens with one attached hydrogen (secondary N) is 1. The molecule has 0 fully saturated rings. The van der Waals surface area contributed by atoms with Crippen molar-refractivity contribution in [2.24, 2.45) is 0 Å². The van der Waals surface area contributed by atoms with Crippen molar-refractivity contribution in [3.05, 3.63) is 48.5 Å². The molecule has 2 aromatic carbocycles. The number of hydrogen-bond donors (Lipinski definition) is 1.